The molecule has 0 spiro atoms. The third-order valence-corrected chi connectivity index (χ3v) is 4.63. The van der Waals surface area contributed by atoms with Crippen LogP contribution >= 0.6 is 0 Å². The van der Waals surface area contributed by atoms with Gasteiger partial charge in [0.2, 0.25) is 0 Å². The van der Waals surface area contributed by atoms with Crippen LogP contribution in [0.15, 0.2) is 77.9 Å². The third kappa shape index (κ3) is 5.46. The number of hydrogen-bond acceptors (Lipinski definition) is 3. The second-order valence-electron chi connectivity index (χ2n) is 6.53. The van der Waals surface area contributed by atoms with Crippen molar-refractivity contribution in [1.29, 1.82) is 0 Å². The quantitative estimate of drug-likeness (QED) is 0.494. The molecule has 2 aromatic carbocycles. The van der Waals surface area contributed by atoms with Gasteiger partial charge in [-0.2, -0.15) is 5.10 Å². The summed E-state index contributed by atoms with van der Waals surface area (Å²) < 4.78 is 0. The molecule has 0 unspecified atom stereocenters. The predicted octanol–water partition coefficient (Wildman–Crippen LogP) is 3.14. The summed E-state index contributed by atoms with van der Waals surface area (Å²) in [7, 11) is 1.86. The number of piperazine rings is 1. The first-order chi connectivity index (χ1) is 12.8. The Labute approximate surface area is 156 Å². The second-order valence-corrected chi connectivity index (χ2v) is 6.53. The maximum Gasteiger partial charge on any atom is 0.148 e. The van der Waals surface area contributed by atoms with Crippen LogP contribution in [0, 0.1) is 0 Å². The fourth-order valence-electron chi connectivity index (χ4n) is 3.22. The molecular formula is C22H28N4. The molecule has 1 aliphatic rings. The van der Waals surface area contributed by atoms with E-state index in [9.17, 15) is 0 Å². The molecule has 1 aliphatic heterocycles. The van der Waals surface area contributed by atoms with Gasteiger partial charge in [-0.3, -0.25) is 4.90 Å². The number of allylic oxidation sites excluding steroid dienone is 1. The van der Waals surface area contributed by atoms with Gasteiger partial charge in [-0.15, -0.1) is 0 Å². The predicted molar refractivity (Wildman–Crippen MR) is 109 cm³/mol. The molecule has 1 heterocycles. The van der Waals surface area contributed by atoms with Crippen molar-refractivity contribution >= 4 is 5.84 Å². The van der Waals surface area contributed by atoms with Crippen molar-refractivity contribution in [2.24, 2.45) is 5.10 Å². The molecule has 3 rings (SSSR count). The number of hydrazone groups is 1. The van der Waals surface area contributed by atoms with E-state index in [4.69, 9.17) is 0 Å². The number of benzene rings is 2. The van der Waals surface area contributed by atoms with E-state index in [0.717, 1.165) is 45.0 Å². The van der Waals surface area contributed by atoms with E-state index in [-0.39, 0.29) is 0 Å². The molecule has 4 heteroatoms. The summed E-state index contributed by atoms with van der Waals surface area (Å²) in [5.41, 5.74) is 5.65. The van der Waals surface area contributed by atoms with E-state index < -0.39 is 0 Å². The first-order valence-corrected chi connectivity index (χ1v) is 9.31. The summed E-state index contributed by atoms with van der Waals surface area (Å²) >= 11 is 0. The van der Waals surface area contributed by atoms with E-state index >= 15 is 0 Å². The molecule has 0 atom stereocenters. The Kier molecular flexibility index (Phi) is 6.85. The standard InChI is InChI=1S/C22H28N4/c1-23-24-22(14-8-13-20-9-4-2-5-10-20)26-17-15-25(16-18-26)19-21-11-6-3-7-12-21/h2-12,14,23H,13,15-19H2,1H3/b14-8-,24-22+. The van der Waals surface area contributed by atoms with Gasteiger partial charge in [-0.1, -0.05) is 66.7 Å². The minimum atomic E-state index is 0.928. The fraction of sp³-hybridized carbons (Fsp3) is 0.318. The molecule has 0 aliphatic carbocycles. The smallest absolute Gasteiger partial charge is 0.148 e. The Morgan fingerprint density at radius 1 is 0.923 bits per heavy atom. The Hall–Kier alpha value is -2.59. The molecule has 1 fully saturated rings. The molecule has 0 radical (unpaired) electrons. The number of nitrogens with one attached hydrogen (secondary N) is 1. The molecular weight excluding hydrogens is 320 g/mol. The van der Waals surface area contributed by atoms with Gasteiger partial charge in [0.15, 0.2) is 0 Å². The van der Waals surface area contributed by atoms with Crippen LogP contribution in [-0.2, 0) is 13.0 Å². The average molecular weight is 348 g/mol. The lowest BCUT2D eigenvalue weighted by atomic mass is 10.1. The van der Waals surface area contributed by atoms with Gasteiger partial charge in [0.1, 0.15) is 5.84 Å². The van der Waals surface area contributed by atoms with Crippen molar-refractivity contribution in [1.82, 2.24) is 15.2 Å². The van der Waals surface area contributed by atoms with Gasteiger partial charge in [-0.05, 0) is 23.6 Å². The molecule has 4 nitrogen and oxygen atoms in total. The minimum absolute atomic E-state index is 0.928. The highest BCUT2D eigenvalue weighted by Gasteiger charge is 2.18. The summed E-state index contributed by atoms with van der Waals surface area (Å²) in [6.07, 6.45) is 5.26. The average Bonchev–Trinajstić information content (AvgIpc) is 2.70. The monoisotopic (exact) mass is 348 g/mol. The van der Waals surface area contributed by atoms with Gasteiger partial charge in [0.05, 0.1) is 0 Å². The van der Waals surface area contributed by atoms with Crippen molar-refractivity contribution in [2.45, 2.75) is 13.0 Å². The van der Waals surface area contributed by atoms with E-state index in [1.54, 1.807) is 0 Å². The van der Waals surface area contributed by atoms with Crippen molar-refractivity contribution in [3.05, 3.63) is 83.9 Å². The zero-order valence-corrected chi connectivity index (χ0v) is 15.5. The summed E-state index contributed by atoms with van der Waals surface area (Å²) in [5.74, 6) is 1.02. The number of rotatable bonds is 6. The summed E-state index contributed by atoms with van der Waals surface area (Å²) in [5, 5.41) is 4.48. The van der Waals surface area contributed by atoms with Crippen LogP contribution in [0.2, 0.25) is 0 Å². The summed E-state index contributed by atoms with van der Waals surface area (Å²) in [6.45, 7) is 5.15. The fourth-order valence-corrected chi connectivity index (χ4v) is 3.22. The van der Waals surface area contributed by atoms with Crippen LogP contribution in [-0.4, -0.2) is 48.9 Å². The zero-order valence-electron chi connectivity index (χ0n) is 15.5. The molecule has 0 amide bonds. The second kappa shape index (κ2) is 9.78. The van der Waals surface area contributed by atoms with Crippen LogP contribution in [0.4, 0.5) is 0 Å². The third-order valence-electron chi connectivity index (χ3n) is 4.63. The summed E-state index contributed by atoms with van der Waals surface area (Å²) in [6, 6.07) is 21.2. The topological polar surface area (TPSA) is 30.9 Å². The van der Waals surface area contributed by atoms with Gasteiger partial charge >= 0.3 is 0 Å². The lowest BCUT2D eigenvalue weighted by Crippen LogP contribution is -2.48. The molecule has 26 heavy (non-hydrogen) atoms. The first kappa shape index (κ1) is 18.2. The molecule has 1 saturated heterocycles. The lowest BCUT2D eigenvalue weighted by molar-refractivity contribution is 0.175. The maximum absolute atomic E-state index is 4.48. The highest BCUT2D eigenvalue weighted by Crippen LogP contribution is 2.09. The Bertz CT molecular complexity index is 701. The number of nitrogens with zero attached hydrogens (tertiary/aromatic N) is 3. The van der Waals surface area contributed by atoms with Gasteiger partial charge in [-0.25, -0.2) is 0 Å². The van der Waals surface area contributed by atoms with E-state index in [2.05, 4.69) is 93.1 Å². The van der Waals surface area contributed by atoms with Crippen LogP contribution < -0.4 is 5.43 Å². The molecule has 136 valence electrons. The minimum Gasteiger partial charge on any atom is -0.353 e. The van der Waals surface area contributed by atoms with Crippen LogP contribution in [0.5, 0.6) is 0 Å². The molecule has 0 saturated carbocycles. The van der Waals surface area contributed by atoms with Crippen molar-refractivity contribution in [3.63, 3.8) is 0 Å². The van der Waals surface area contributed by atoms with E-state index in [0.29, 0.717) is 0 Å². The van der Waals surface area contributed by atoms with E-state index in [1.807, 2.05) is 7.05 Å². The van der Waals surface area contributed by atoms with Crippen molar-refractivity contribution in [3.8, 4) is 0 Å². The highest BCUT2D eigenvalue weighted by atomic mass is 15.4. The van der Waals surface area contributed by atoms with Crippen molar-refractivity contribution in [2.75, 3.05) is 33.2 Å². The number of amidine groups is 1. The zero-order chi connectivity index (χ0) is 18.0. The Morgan fingerprint density at radius 3 is 2.15 bits per heavy atom. The van der Waals surface area contributed by atoms with Gasteiger partial charge < -0.3 is 10.3 Å². The van der Waals surface area contributed by atoms with Crippen LogP contribution in [0.3, 0.4) is 0 Å². The molecule has 0 aromatic heterocycles. The first-order valence-electron chi connectivity index (χ1n) is 9.31. The Morgan fingerprint density at radius 2 is 1.54 bits per heavy atom. The lowest BCUT2D eigenvalue weighted by Gasteiger charge is -2.35. The van der Waals surface area contributed by atoms with Crippen LogP contribution in [0.1, 0.15) is 11.1 Å². The largest absolute Gasteiger partial charge is 0.353 e. The summed E-state index contributed by atoms with van der Waals surface area (Å²) in [4.78, 5) is 4.87. The SMILES string of the molecule is CN/N=C(\C=C/Cc1ccccc1)N1CCN(Cc2ccccc2)CC1. The molecule has 2 aromatic rings. The van der Waals surface area contributed by atoms with Gasteiger partial charge in [0, 0.05) is 39.8 Å². The molecule has 1 N–H and O–H groups in total. The molecule has 0 bridgehead atoms. The normalized spacial score (nSPS) is 16.2. The maximum atomic E-state index is 4.48. The number of hydrogen-bond donors (Lipinski definition) is 1. The Balaban J connectivity index is 1.52. The van der Waals surface area contributed by atoms with Crippen molar-refractivity contribution < 1.29 is 0 Å². The van der Waals surface area contributed by atoms with E-state index in [1.165, 1.54) is 11.1 Å². The highest BCUT2D eigenvalue weighted by molar-refractivity contribution is 5.92. The van der Waals surface area contributed by atoms with Crippen LogP contribution in [0.25, 0.3) is 0 Å². The van der Waals surface area contributed by atoms with Gasteiger partial charge in [0.25, 0.3) is 0 Å².